The number of aromatic nitrogens is 1. The quantitative estimate of drug-likeness (QED) is 0.738. The van der Waals surface area contributed by atoms with Gasteiger partial charge in [-0.05, 0) is 38.5 Å². The molecule has 2 aromatic rings. The first-order chi connectivity index (χ1) is 12.0. The molecule has 1 aromatic heterocycles. The van der Waals surface area contributed by atoms with Gasteiger partial charge in [-0.15, -0.1) is 0 Å². The van der Waals surface area contributed by atoms with E-state index in [2.05, 4.69) is 34.7 Å². The molecule has 0 radical (unpaired) electrons. The van der Waals surface area contributed by atoms with E-state index in [1.807, 2.05) is 12.3 Å². The zero-order valence-electron chi connectivity index (χ0n) is 14.6. The highest BCUT2D eigenvalue weighted by atomic mass is 35.5. The summed E-state index contributed by atoms with van der Waals surface area (Å²) in [7, 11) is 0. The molecule has 0 saturated carbocycles. The van der Waals surface area contributed by atoms with E-state index in [1.165, 1.54) is 6.42 Å². The van der Waals surface area contributed by atoms with Gasteiger partial charge < -0.3 is 9.64 Å². The summed E-state index contributed by atoms with van der Waals surface area (Å²) < 4.78 is 5.75. The molecule has 4 nitrogen and oxygen atoms in total. The monoisotopic (exact) mass is 379 g/mol. The Morgan fingerprint density at radius 1 is 1.00 bits per heavy atom. The molecule has 1 aliphatic rings. The van der Waals surface area contributed by atoms with E-state index in [4.69, 9.17) is 27.9 Å². The minimum atomic E-state index is 0.468. The Kier molecular flexibility index (Phi) is 6.05. The van der Waals surface area contributed by atoms with Gasteiger partial charge in [-0.3, -0.25) is 4.90 Å². The van der Waals surface area contributed by atoms with Gasteiger partial charge in [-0.1, -0.05) is 23.2 Å². The molecule has 0 N–H and O–H groups in total. The number of pyridine rings is 1. The fourth-order valence-electron chi connectivity index (χ4n) is 2.99. The molecule has 1 fully saturated rings. The lowest BCUT2D eigenvalue weighted by Gasteiger charge is -2.25. The zero-order chi connectivity index (χ0) is 17.8. The van der Waals surface area contributed by atoms with Crippen molar-refractivity contribution >= 4 is 28.9 Å². The Hall–Kier alpha value is -1.49. The van der Waals surface area contributed by atoms with Crippen molar-refractivity contribution in [2.45, 2.75) is 26.3 Å². The maximum atomic E-state index is 6.01. The fraction of sp³-hybridized carbons (Fsp3) is 0.421. The first-order valence-electron chi connectivity index (χ1n) is 8.61. The van der Waals surface area contributed by atoms with E-state index in [0.717, 1.165) is 31.9 Å². The molecule has 0 aliphatic carbocycles. The number of rotatable bonds is 4. The number of anilines is 1. The second kappa shape index (κ2) is 8.26. The van der Waals surface area contributed by atoms with E-state index >= 15 is 0 Å². The number of benzene rings is 1. The second-order valence-electron chi connectivity index (χ2n) is 6.50. The van der Waals surface area contributed by atoms with Crippen LogP contribution in [0.1, 0.15) is 20.3 Å². The van der Waals surface area contributed by atoms with Crippen LogP contribution in [0.2, 0.25) is 10.0 Å². The maximum absolute atomic E-state index is 6.01. The summed E-state index contributed by atoms with van der Waals surface area (Å²) in [5.74, 6) is 1.16. The third kappa shape index (κ3) is 4.78. The van der Waals surface area contributed by atoms with Crippen molar-refractivity contribution in [3.8, 4) is 11.6 Å². The molecule has 134 valence electrons. The Balaban J connectivity index is 1.64. The molecular formula is C19H23Cl2N3O. The summed E-state index contributed by atoms with van der Waals surface area (Å²) in [6.45, 7) is 8.82. The van der Waals surface area contributed by atoms with Gasteiger partial charge in [0.1, 0.15) is 5.75 Å². The van der Waals surface area contributed by atoms with Crippen LogP contribution in [0.25, 0.3) is 0 Å². The molecule has 25 heavy (non-hydrogen) atoms. The average molecular weight is 380 g/mol. The van der Waals surface area contributed by atoms with Crippen LogP contribution in [-0.2, 0) is 0 Å². The van der Waals surface area contributed by atoms with Gasteiger partial charge >= 0.3 is 0 Å². The lowest BCUT2D eigenvalue weighted by atomic mass is 10.3. The van der Waals surface area contributed by atoms with Crippen LogP contribution in [0, 0.1) is 0 Å². The highest BCUT2D eigenvalue weighted by Crippen LogP contribution is 2.29. The number of nitrogens with zero attached hydrogens (tertiary/aromatic N) is 3. The molecule has 0 unspecified atom stereocenters. The molecule has 2 heterocycles. The van der Waals surface area contributed by atoms with Crippen molar-refractivity contribution in [1.82, 2.24) is 9.88 Å². The van der Waals surface area contributed by atoms with E-state index in [0.29, 0.717) is 27.7 Å². The largest absolute Gasteiger partial charge is 0.439 e. The molecule has 1 aromatic carbocycles. The molecule has 0 atom stereocenters. The topological polar surface area (TPSA) is 28.6 Å². The van der Waals surface area contributed by atoms with E-state index < -0.39 is 0 Å². The lowest BCUT2D eigenvalue weighted by molar-refractivity contribution is 0.238. The van der Waals surface area contributed by atoms with Gasteiger partial charge in [0, 0.05) is 44.4 Å². The highest BCUT2D eigenvalue weighted by molar-refractivity contribution is 6.42. The number of ether oxygens (including phenoxy) is 1. The van der Waals surface area contributed by atoms with Gasteiger partial charge in [-0.2, -0.15) is 0 Å². The molecule has 6 heteroatoms. The van der Waals surface area contributed by atoms with Gasteiger partial charge in [0.25, 0.3) is 0 Å². The van der Waals surface area contributed by atoms with Crippen LogP contribution in [0.4, 0.5) is 5.69 Å². The Bertz CT molecular complexity index is 706. The van der Waals surface area contributed by atoms with Crippen molar-refractivity contribution in [3.05, 3.63) is 46.6 Å². The molecule has 1 aliphatic heterocycles. The van der Waals surface area contributed by atoms with Gasteiger partial charge in [0.2, 0.25) is 5.88 Å². The molecule has 0 amide bonds. The Morgan fingerprint density at radius 3 is 2.52 bits per heavy atom. The summed E-state index contributed by atoms with van der Waals surface area (Å²) in [5, 5.41) is 0.976. The number of halogens is 2. The summed E-state index contributed by atoms with van der Waals surface area (Å²) in [6.07, 6.45) is 3.04. The Labute approximate surface area is 159 Å². The van der Waals surface area contributed by atoms with Crippen molar-refractivity contribution in [1.29, 1.82) is 0 Å². The normalized spacial score (nSPS) is 16.1. The molecule has 3 rings (SSSR count). The Morgan fingerprint density at radius 2 is 1.84 bits per heavy atom. The van der Waals surface area contributed by atoms with E-state index in [1.54, 1.807) is 18.2 Å². The SMILES string of the molecule is CC(C)N1CCCN(c2ccc(Oc3ccc(Cl)c(Cl)c3)nc2)CC1. The zero-order valence-corrected chi connectivity index (χ0v) is 16.1. The first kappa shape index (κ1) is 18.3. The van der Waals surface area contributed by atoms with Crippen LogP contribution < -0.4 is 9.64 Å². The molecule has 0 bridgehead atoms. The first-order valence-corrected chi connectivity index (χ1v) is 9.36. The van der Waals surface area contributed by atoms with Gasteiger partial charge in [0.05, 0.1) is 21.9 Å². The van der Waals surface area contributed by atoms with Gasteiger partial charge in [-0.25, -0.2) is 4.98 Å². The molecule has 0 spiro atoms. The minimum Gasteiger partial charge on any atom is -0.439 e. The third-order valence-electron chi connectivity index (χ3n) is 4.46. The summed E-state index contributed by atoms with van der Waals surface area (Å²) in [4.78, 5) is 9.34. The van der Waals surface area contributed by atoms with E-state index in [9.17, 15) is 0 Å². The summed E-state index contributed by atoms with van der Waals surface area (Å²) >= 11 is 11.9. The predicted molar refractivity (Wildman–Crippen MR) is 104 cm³/mol. The number of hydrogen-bond donors (Lipinski definition) is 0. The lowest BCUT2D eigenvalue weighted by Crippen LogP contribution is -2.35. The third-order valence-corrected chi connectivity index (χ3v) is 5.20. The van der Waals surface area contributed by atoms with Crippen molar-refractivity contribution < 1.29 is 4.74 Å². The van der Waals surface area contributed by atoms with Crippen molar-refractivity contribution in [2.24, 2.45) is 0 Å². The predicted octanol–water partition coefficient (Wildman–Crippen LogP) is 5.10. The second-order valence-corrected chi connectivity index (χ2v) is 7.32. The van der Waals surface area contributed by atoms with E-state index in [-0.39, 0.29) is 0 Å². The smallest absolute Gasteiger partial charge is 0.219 e. The highest BCUT2D eigenvalue weighted by Gasteiger charge is 2.17. The summed E-state index contributed by atoms with van der Waals surface area (Å²) in [6, 6.07) is 9.73. The van der Waals surface area contributed by atoms with Crippen molar-refractivity contribution in [3.63, 3.8) is 0 Å². The fourth-order valence-corrected chi connectivity index (χ4v) is 3.28. The number of hydrogen-bond acceptors (Lipinski definition) is 4. The standard InChI is InChI=1S/C19H23Cl2N3O/c1-14(2)23-8-3-9-24(11-10-23)15-4-7-19(22-13-15)25-16-5-6-17(20)18(21)12-16/h4-7,12-14H,3,8-11H2,1-2H3. The van der Waals surface area contributed by atoms with Crippen molar-refractivity contribution in [2.75, 3.05) is 31.1 Å². The summed E-state index contributed by atoms with van der Waals surface area (Å²) in [5.41, 5.74) is 1.13. The minimum absolute atomic E-state index is 0.468. The maximum Gasteiger partial charge on any atom is 0.219 e. The van der Waals surface area contributed by atoms with Crippen LogP contribution >= 0.6 is 23.2 Å². The van der Waals surface area contributed by atoms with Crippen LogP contribution in [-0.4, -0.2) is 42.1 Å². The average Bonchev–Trinajstić information content (AvgIpc) is 2.85. The van der Waals surface area contributed by atoms with Crippen LogP contribution in [0.3, 0.4) is 0 Å². The van der Waals surface area contributed by atoms with Gasteiger partial charge in [0.15, 0.2) is 0 Å². The molecule has 1 saturated heterocycles. The molecular weight excluding hydrogens is 357 g/mol. The van der Waals surface area contributed by atoms with Crippen LogP contribution in [0.5, 0.6) is 11.6 Å². The van der Waals surface area contributed by atoms with Crippen LogP contribution in [0.15, 0.2) is 36.5 Å².